The van der Waals surface area contributed by atoms with Gasteiger partial charge < -0.3 is 19.7 Å². The molecular formula is C24H25N5O2. The summed E-state index contributed by atoms with van der Waals surface area (Å²) in [6.45, 7) is 0.335. The summed E-state index contributed by atoms with van der Waals surface area (Å²) in [6.07, 6.45) is 0. The zero-order chi connectivity index (χ0) is 22.1. The molecule has 0 spiro atoms. The number of nitrogens with one attached hydrogen (secondary N) is 1. The van der Waals surface area contributed by atoms with Gasteiger partial charge in [0.1, 0.15) is 5.82 Å². The molecule has 4 rings (SSSR count). The molecule has 0 aliphatic rings. The van der Waals surface area contributed by atoms with Crippen molar-refractivity contribution in [3.8, 4) is 0 Å². The smallest absolute Gasteiger partial charge is 0.321 e. The highest BCUT2D eigenvalue weighted by molar-refractivity contribution is 5.97. The van der Waals surface area contributed by atoms with Crippen molar-refractivity contribution in [2.75, 3.05) is 26.5 Å². The van der Waals surface area contributed by atoms with Crippen LogP contribution in [0.15, 0.2) is 60.7 Å². The van der Waals surface area contributed by atoms with Crippen LogP contribution in [0.5, 0.6) is 0 Å². The first kappa shape index (κ1) is 20.4. The first-order valence-corrected chi connectivity index (χ1v) is 10.0. The Morgan fingerprint density at radius 3 is 2.45 bits per heavy atom. The lowest BCUT2D eigenvalue weighted by atomic mass is 10.1. The van der Waals surface area contributed by atoms with Crippen molar-refractivity contribution in [2.45, 2.75) is 6.54 Å². The van der Waals surface area contributed by atoms with E-state index in [1.165, 1.54) is 4.90 Å². The summed E-state index contributed by atoms with van der Waals surface area (Å²) in [4.78, 5) is 32.7. The SMILES string of the molecule is CN(C)C(=O)c1ccc2c(c1)nc(CN(C)C(=O)Nc1ccc3ccccc3c1)n2C. The molecule has 1 aromatic heterocycles. The molecule has 0 bridgehead atoms. The standard InChI is InChI=1S/C24H25N5O2/c1-27(2)23(30)18-10-12-21-20(14-18)26-22(29(21)4)15-28(3)24(31)25-19-11-9-16-7-5-6-8-17(16)13-19/h5-14H,15H2,1-4H3,(H,25,31). The Kier molecular flexibility index (Phi) is 5.33. The largest absolute Gasteiger partial charge is 0.345 e. The Bertz CT molecular complexity index is 1290. The number of aromatic nitrogens is 2. The number of imidazole rings is 1. The molecule has 0 unspecified atom stereocenters. The van der Waals surface area contributed by atoms with E-state index in [0.717, 1.165) is 33.3 Å². The second-order valence-corrected chi connectivity index (χ2v) is 7.84. The predicted molar refractivity (Wildman–Crippen MR) is 123 cm³/mol. The molecular weight excluding hydrogens is 390 g/mol. The average Bonchev–Trinajstić information content (AvgIpc) is 3.07. The molecule has 3 aromatic carbocycles. The number of hydrogen-bond donors (Lipinski definition) is 1. The molecule has 1 heterocycles. The van der Waals surface area contributed by atoms with Crippen molar-refractivity contribution in [1.82, 2.24) is 19.4 Å². The fourth-order valence-corrected chi connectivity index (χ4v) is 3.55. The van der Waals surface area contributed by atoms with Crippen molar-refractivity contribution >= 4 is 39.4 Å². The molecule has 7 heteroatoms. The first-order chi connectivity index (χ1) is 14.8. The molecule has 7 nitrogen and oxygen atoms in total. The third kappa shape index (κ3) is 4.07. The normalized spacial score (nSPS) is 11.0. The van der Waals surface area contributed by atoms with Gasteiger partial charge in [-0.25, -0.2) is 9.78 Å². The maximum absolute atomic E-state index is 12.7. The van der Waals surface area contributed by atoms with Crippen molar-refractivity contribution in [1.29, 1.82) is 0 Å². The number of urea groups is 1. The fourth-order valence-electron chi connectivity index (χ4n) is 3.55. The molecule has 0 fully saturated rings. The minimum atomic E-state index is -0.217. The van der Waals surface area contributed by atoms with Crippen LogP contribution in [-0.2, 0) is 13.6 Å². The molecule has 0 saturated carbocycles. The number of benzene rings is 3. The predicted octanol–water partition coefficient (Wildman–Crippen LogP) is 4.09. The molecule has 0 atom stereocenters. The molecule has 0 saturated heterocycles. The van der Waals surface area contributed by atoms with Gasteiger partial charge in [-0.15, -0.1) is 0 Å². The summed E-state index contributed by atoms with van der Waals surface area (Å²) in [5.74, 6) is 0.668. The van der Waals surface area contributed by atoms with Crippen molar-refractivity contribution in [3.63, 3.8) is 0 Å². The maximum Gasteiger partial charge on any atom is 0.321 e. The van der Waals surface area contributed by atoms with E-state index in [1.54, 1.807) is 38.2 Å². The molecule has 0 aliphatic carbocycles. The van der Waals surface area contributed by atoms with Crippen LogP contribution in [0.1, 0.15) is 16.2 Å². The summed E-state index contributed by atoms with van der Waals surface area (Å²) in [7, 11) is 7.09. The molecule has 0 radical (unpaired) electrons. The number of nitrogens with zero attached hydrogens (tertiary/aromatic N) is 4. The molecule has 3 amide bonds. The average molecular weight is 415 g/mol. The van der Waals surface area contributed by atoms with Crippen LogP contribution < -0.4 is 5.32 Å². The van der Waals surface area contributed by atoms with E-state index < -0.39 is 0 Å². The van der Waals surface area contributed by atoms with Crippen LogP contribution in [0.3, 0.4) is 0 Å². The Morgan fingerprint density at radius 1 is 0.968 bits per heavy atom. The van der Waals surface area contributed by atoms with Crippen LogP contribution in [-0.4, -0.2) is 52.4 Å². The van der Waals surface area contributed by atoms with Crippen LogP contribution in [0.2, 0.25) is 0 Å². The van der Waals surface area contributed by atoms with Gasteiger partial charge in [-0.3, -0.25) is 4.79 Å². The van der Waals surface area contributed by atoms with Crippen molar-refractivity contribution in [3.05, 3.63) is 72.1 Å². The van der Waals surface area contributed by atoms with Gasteiger partial charge in [-0.1, -0.05) is 30.3 Å². The van der Waals surface area contributed by atoms with Crippen molar-refractivity contribution < 1.29 is 9.59 Å². The fraction of sp³-hybridized carbons (Fsp3) is 0.208. The van der Waals surface area contributed by atoms with Crippen molar-refractivity contribution in [2.24, 2.45) is 7.05 Å². The van der Waals surface area contributed by atoms with Gasteiger partial charge in [-0.2, -0.15) is 0 Å². The second-order valence-electron chi connectivity index (χ2n) is 7.84. The van der Waals surface area contributed by atoms with Crippen LogP contribution in [0.4, 0.5) is 10.5 Å². The van der Waals surface area contributed by atoms with E-state index >= 15 is 0 Å². The zero-order valence-corrected chi connectivity index (χ0v) is 18.1. The minimum absolute atomic E-state index is 0.0685. The topological polar surface area (TPSA) is 70.5 Å². The Labute approximate surface area is 180 Å². The lowest BCUT2D eigenvalue weighted by Crippen LogP contribution is -2.31. The van der Waals surface area contributed by atoms with E-state index in [-0.39, 0.29) is 11.9 Å². The van der Waals surface area contributed by atoms with E-state index in [4.69, 9.17) is 0 Å². The van der Waals surface area contributed by atoms with Crippen LogP contribution >= 0.6 is 0 Å². The Hall–Kier alpha value is -3.87. The summed E-state index contributed by atoms with van der Waals surface area (Å²) in [5, 5.41) is 5.14. The van der Waals surface area contributed by atoms with Gasteiger partial charge in [0, 0.05) is 39.4 Å². The summed E-state index contributed by atoms with van der Waals surface area (Å²) >= 11 is 0. The monoisotopic (exact) mass is 415 g/mol. The molecule has 158 valence electrons. The number of rotatable bonds is 4. The third-order valence-corrected chi connectivity index (χ3v) is 5.35. The van der Waals surface area contributed by atoms with Crippen LogP contribution in [0, 0.1) is 0 Å². The van der Waals surface area contributed by atoms with Gasteiger partial charge in [0.05, 0.1) is 17.6 Å². The quantitative estimate of drug-likeness (QED) is 0.546. The highest BCUT2D eigenvalue weighted by Crippen LogP contribution is 2.21. The Balaban J connectivity index is 1.51. The van der Waals surface area contributed by atoms with Gasteiger partial charge in [0.25, 0.3) is 5.91 Å². The van der Waals surface area contributed by atoms with Crippen LogP contribution in [0.25, 0.3) is 21.8 Å². The minimum Gasteiger partial charge on any atom is -0.345 e. The number of carbonyl (C=O) groups is 2. The Morgan fingerprint density at radius 2 is 1.71 bits per heavy atom. The summed E-state index contributed by atoms with van der Waals surface area (Å²) in [6, 6.07) is 19.1. The summed E-state index contributed by atoms with van der Waals surface area (Å²) < 4.78 is 1.94. The van der Waals surface area contributed by atoms with Gasteiger partial charge in [-0.05, 0) is 41.1 Å². The third-order valence-electron chi connectivity index (χ3n) is 5.35. The van der Waals surface area contributed by atoms with E-state index in [9.17, 15) is 9.59 Å². The van der Waals surface area contributed by atoms with Gasteiger partial charge in [0.2, 0.25) is 0 Å². The zero-order valence-electron chi connectivity index (χ0n) is 18.1. The summed E-state index contributed by atoms with van der Waals surface area (Å²) in [5.41, 5.74) is 2.97. The second kappa shape index (κ2) is 8.10. The van der Waals surface area contributed by atoms with E-state index in [1.807, 2.05) is 60.1 Å². The highest BCUT2D eigenvalue weighted by Gasteiger charge is 2.16. The number of aryl methyl sites for hydroxylation is 1. The maximum atomic E-state index is 12.7. The highest BCUT2D eigenvalue weighted by atomic mass is 16.2. The lowest BCUT2D eigenvalue weighted by molar-refractivity contribution is 0.0827. The number of anilines is 1. The number of carbonyl (C=O) groups excluding carboxylic acids is 2. The first-order valence-electron chi connectivity index (χ1n) is 10.0. The van der Waals surface area contributed by atoms with E-state index in [0.29, 0.717) is 12.1 Å². The van der Waals surface area contributed by atoms with Gasteiger partial charge >= 0.3 is 6.03 Å². The molecule has 0 aliphatic heterocycles. The number of hydrogen-bond acceptors (Lipinski definition) is 3. The van der Waals surface area contributed by atoms with E-state index in [2.05, 4.69) is 10.3 Å². The molecule has 1 N–H and O–H groups in total. The molecule has 4 aromatic rings. The van der Waals surface area contributed by atoms with Gasteiger partial charge in [0.15, 0.2) is 0 Å². The molecule has 31 heavy (non-hydrogen) atoms. The lowest BCUT2D eigenvalue weighted by Gasteiger charge is -2.18. The number of fused-ring (bicyclic) bond motifs is 2. The number of amides is 3.